The zero-order valence-corrected chi connectivity index (χ0v) is 11.6. The molecule has 0 saturated carbocycles. The van der Waals surface area contributed by atoms with Crippen LogP contribution in [0.5, 0.6) is 23.0 Å². The van der Waals surface area contributed by atoms with Gasteiger partial charge < -0.3 is 24.1 Å². The maximum absolute atomic E-state index is 10.1. The number of hydrogen-bond acceptors (Lipinski definition) is 5. The minimum Gasteiger partial charge on any atom is -0.497 e. The van der Waals surface area contributed by atoms with Crippen LogP contribution in [0.25, 0.3) is 0 Å². The minimum atomic E-state index is -0.707. The summed E-state index contributed by atoms with van der Waals surface area (Å²) in [5.74, 6) is 2.75. The van der Waals surface area contributed by atoms with Crippen LogP contribution in [0.3, 0.4) is 0 Å². The van der Waals surface area contributed by atoms with Crippen LogP contribution in [0, 0.1) is 0 Å². The predicted molar refractivity (Wildman–Crippen MR) is 76.0 cm³/mol. The lowest BCUT2D eigenvalue weighted by Crippen LogP contribution is -2.09. The van der Waals surface area contributed by atoms with E-state index in [-0.39, 0.29) is 13.4 Å². The lowest BCUT2D eigenvalue weighted by atomic mass is 10.1. The van der Waals surface area contributed by atoms with Crippen LogP contribution in [0.2, 0.25) is 0 Å². The Bertz CT molecular complexity index is 609. The highest BCUT2D eigenvalue weighted by molar-refractivity contribution is 5.46. The Hall–Kier alpha value is -2.40. The first-order chi connectivity index (χ1) is 10.3. The van der Waals surface area contributed by atoms with Crippen molar-refractivity contribution < 1.29 is 24.1 Å². The van der Waals surface area contributed by atoms with E-state index in [1.54, 1.807) is 37.4 Å². The summed E-state index contributed by atoms with van der Waals surface area (Å²) < 4.78 is 21.2. The van der Waals surface area contributed by atoms with E-state index in [2.05, 4.69) is 0 Å². The summed E-state index contributed by atoms with van der Waals surface area (Å²) in [5, 5.41) is 10.1. The van der Waals surface area contributed by atoms with Crippen LogP contribution in [-0.2, 0) is 0 Å². The van der Waals surface area contributed by atoms with Crippen LogP contribution < -0.4 is 18.9 Å². The summed E-state index contributed by atoms with van der Waals surface area (Å²) in [6.07, 6.45) is -0.707. The van der Waals surface area contributed by atoms with Gasteiger partial charge in [-0.15, -0.1) is 0 Å². The smallest absolute Gasteiger partial charge is 0.231 e. The first kappa shape index (κ1) is 13.6. The van der Waals surface area contributed by atoms with E-state index in [0.29, 0.717) is 17.2 Å². The molecule has 3 rings (SSSR count). The molecule has 1 unspecified atom stereocenters. The fourth-order valence-corrected chi connectivity index (χ4v) is 2.06. The normalized spacial score (nSPS) is 13.8. The van der Waals surface area contributed by atoms with Crippen molar-refractivity contribution in [1.82, 2.24) is 0 Å². The number of rotatable bonds is 5. The number of aliphatic hydroxyl groups excluding tert-OH is 1. The van der Waals surface area contributed by atoms with Crippen LogP contribution in [-0.4, -0.2) is 25.6 Å². The van der Waals surface area contributed by atoms with Crippen molar-refractivity contribution in [3.63, 3.8) is 0 Å². The van der Waals surface area contributed by atoms with Gasteiger partial charge in [-0.2, -0.15) is 0 Å². The fraction of sp³-hybridized carbons (Fsp3) is 0.250. The summed E-state index contributed by atoms with van der Waals surface area (Å²) in [6, 6.07) is 12.6. The second-order valence-electron chi connectivity index (χ2n) is 4.62. The number of methoxy groups -OCH3 is 1. The number of fused-ring (bicyclic) bond motifs is 1. The van der Waals surface area contributed by atoms with Crippen LogP contribution in [0.15, 0.2) is 42.5 Å². The topological polar surface area (TPSA) is 57.2 Å². The van der Waals surface area contributed by atoms with Gasteiger partial charge in [-0.05, 0) is 29.8 Å². The summed E-state index contributed by atoms with van der Waals surface area (Å²) in [4.78, 5) is 0. The van der Waals surface area contributed by atoms with Crippen molar-refractivity contribution in [3.8, 4) is 23.0 Å². The van der Waals surface area contributed by atoms with Gasteiger partial charge in [-0.1, -0.05) is 12.1 Å². The molecule has 5 heteroatoms. The standard InChI is InChI=1S/C16H16O5/c1-18-12-4-2-11(3-5-12)14(17)9-19-13-6-7-15-16(8-13)21-10-20-15/h2-8,14,17H,9-10H2,1H3. The maximum Gasteiger partial charge on any atom is 0.231 e. The third-order valence-electron chi connectivity index (χ3n) is 3.25. The first-order valence-corrected chi connectivity index (χ1v) is 6.61. The van der Waals surface area contributed by atoms with Gasteiger partial charge in [0.25, 0.3) is 0 Å². The molecule has 2 aromatic carbocycles. The van der Waals surface area contributed by atoms with E-state index in [0.717, 1.165) is 11.3 Å². The van der Waals surface area contributed by atoms with E-state index in [1.165, 1.54) is 0 Å². The van der Waals surface area contributed by atoms with Crippen LogP contribution in [0.4, 0.5) is 0 Å². The van der Waals surface area contributed by atoms with E-state index in [4.69, 9.17) is 18.9 Å². The van der Waals surface area contributed by atoms with Crippen LogP contribution in [0.1, 0.15) is 11.7 Å². The van der Waals surface area contributed by atoms with E-state index >= 15 is 0 Å². The van der Waals surface area contributed by atoms with E-state index < -0.39 is 6.10 Å². The zero-order valence-electron chi connectivity index (χ0n) is 11.6. The molecular weight excluding hydrogens is 272 g/mol. The molecule has 0 amide bonds. The molecule has 1 aliphatic rings. The summed E-state index contributed by atoms with van der Waals surface area (Å²) >= 11 is 0. The van der Waals surface area contributed by atoms with Crippen molar-refractivity contribution in [2.75, 3.05) is 20.5 Å². The number of benzene rings is 2. The van der Waals surface area contributed by atoms with Gasteiger partial charge in [0.05, 0.1) is 7.11 Å². The van der Waals surface area contributed by atoms with Gasteiger partial charge in [0.1, 0.15) is 24.2 Å². The highest BCUT2D eigenvalue weighted by Gasteiger charge is 2.15. The largest absolute Gasteiger partial charge is 0.497 e. The molecule has 0 saturated heterocycles. The third kappa shape index (κ3) is 3.03. The lowest BCUT2D eigenvalue weighted by molar-refractivity contribution is 0.108. The second kappa shape index (κ2) is 5.93. The van der Waals surface area contributed by atoms with Gasteiger partial charge in [0.15, 0.2) is 11.5 Å². The predicted octanol–water partition coefficient (Wildman–Crippen LogP) is 2.54. The van der Waals surface area contributed by atoms with Crippen molar-refractivity contribution >= 4 is 0 Å². The lowest BCUT2D eigenvalue weighted by Gasteiger charge is -2.13. The SMILES string of the molecule is COc1ccc(C(O)COc2ccc3c(c2)OCO3)cc1. The number of ether oxygens (including phenoxy) is 4. The Morgan fingerprint density at radius 1 is 1.05 bits per heavy atom. The van der Waals surface area contributed by atoms with E-state index in [9.17, 15) is 5.11 Å². The summed E-state index contributed by atoms with van der Waals surface area (Å²) in [5.41, 5.74) is 0.775. The molecule has 5 nitrogen and oxygen atoms in total. The monoisotopic (exact) mass is 288 g/mol. The molecule has 110 valence electrons. The molecule has 0 aliphatic carbocycles. The Balaban J connectivity index is 1.61. The molecule has 1 atom stereocenters. The molecular formula is C16H16O5. The molecule has 21 heavy (non-hydrogen) atoms. The van der Waals surface area contributed by atoms with Gasteiger partial charge in [-0.3, -0.25) is 0 Å². The average Bonchev–Trinajstić information content (AvgIpc) is 3.00. The van der Waals surface area contributed by atoms with E-state index in [1.807, 2.05) is 12.1 Å². The Morgan fingerprint density at radius 3 is 2.52 bits per heavy atom. The van der Waals surface area contributed by atoms with Crippen molar-refractivity contribution in [2.45, 2.75) is 6.10 Å². The average molecular weight is 288 g/mol. The highest BCUT2D eigenvalue weighted by Crippen LogP contribution is 2.35. The molecule has 1 aliphatic heterocycles. The van der Waals surface area contributed by atoms with Gasteiger partial charge >= 0.3 is 0 Å². The Kier molecular flexibility index (Phi) is 3.83. The summed E-state index contributed by atoms with van der Waals surface area (Å²) in [7, 11) is 1.61. The van der Waals surface area contributed by atoms with Crippen molar-refractivity contribution in [2.24, 2.45) is 0 Å². The molecule has 0 radical (unpaired) electrons. The Labute approximate surface area is 122 Å². The van der Waals surface area contributed by atoms with Gasteiger partial charge in [0, 0.05) is 6.07 Å². The molecule has 0 aromatic heterocycles. The second-order valence-corrected chi connectivity index (χ2v) is 4.62. The van der Waals surface area contributed by atoms with Crippen molar-refractivity contribution in [3.05, 3.63) is 48.0 Å². The molecule has 0 bridgehead atoms. The molecule has 2 aromatic rings. The quantitative estimate of drug-likeness (QED) is 0.916. The molecule has 1 N–H and O–H groups in total. The fourth-order valence-electron chi connectivity index (χ4n) is 2.06. The maximum atomic E-state index is 10.1. The zero-order chi connectivity index (χ0) is 14.7. The molecule has 0 fully saturated rings. The van der Waals surface area contributed by atoms with Gasteiger partial charge in [0.2, 0.25) is 6.79 Å². The first-order valence-electron chi connectivity index (χ1n) is 6.61. The molecule has 0 spiro atoms. The number of aliphatic hydroxyl groups is 1. The van der Waals surface area contributed by atoms with Crippen molar-refractivity contribution in [1.29, 1.82) is 0 Å². The van der Waals surface area contributed by atoms with Crippen LogP contribution >= 0.6 is 0 Å². The number of hydrogen-bond donors (Lipinski definition) is 1. The highest BCUT2D eigenvalue weighted by atomic mass is 16.7. The Morgan fingerprint density at radius 2 is 1.76 bits per heavy atom. The minimum absolute atomic E-state index is 0.159. The molecule has 1 heterocycles. The van der Waals surface area contributed by atoms with Gasteiger partial charge in [-0.25, -0.2) is 0 Å². The summed E-state index contributed by atoms with van der Waals surface area (Å²) in [6.45, 7) is 0.388. The third-order valence-corrected chi connectivity index (χ3v) is 3.25.